The highest BCUT2D eigenvalue weighted by molar-refractivity contribution is 7.80. The minimum absolute atomic E-state index is 0.155. The highest BCUT2D eigenvalue weighted by Crippen LogP contribution is 2.16. The molecule has 4 heteroatoms. The molecular weight excluding hydrogens is 222 g/mol. The molecule has 0 radical (unpaired) electrons. The van der Waals surface area contributed by atoms with Crippen LogP contribution in [0.15, 0.2) is 30.3 Å². The van der Waals surface area contributed by atoms with Crippen LogP contribution in [0.25, 0.3) is 0 Å². The number of carbonyl (C=O) groups is 1. The van der Waals surface area contributed by atoms with Crippen molar-refractivity contribution in [3.05, 3.63) is 35.9 Å². The fourth-order valence-corrected chi connectivity index (χ4v) is 2.14. The van der Waals surface area contributed by atoms with Gasteiger partial charge < -0.3 is 9.64 Å². The second-order valence-corrected chi connectivity index (χ2v) is 4.28. The zero-order valence-corrected chi connectivity index (χ0v) is 9.90. The molecule has 0 saturated carbocycles. The van der Waals surface area contributed by atoms with E-state index >= 15 is 0 Å². The summed E-state index contributed by atoms with van der Waals surface area (Å²) in [7, 11) is 0. The number of rotatable bonds is 4. The number of thiol groups is 1. The third kappa shape index (κ3) is 2.50. The van der Waals surface area contributed by atoms with Crippen molar-refractivity contribution < 1.29 is 9.53 Å². The maximum Gasteiger partial charge on any atom is 0.410 e. The van der Waals surface area contributed by atoms with Crippen LogP contribution in [0.1, 0.15) is 5.56 Å². The van der Waals surface area contributed by atoms with Crippen LogP contribution in [-0.4, -0.2) is 35.9 Å². The molecule has 1 aliphatic rings. The molecule has 2 rings (SSSR count). The minimum Gasteiger partial charge on any atom is -0.447 e. The second kappa shape index (κ2) is 5.25. The lowest BCUT2D eigenvalue weighted by molar-refractivity contribution is 0.159. The van der Waals surface area contributed by atoms with E-state index in [4.69, 9.17) is 4.74 Å². The van der Waals surface area contributed by atoms with E-state index in [0.717, 1.165) is 6.42 Å². The van der Waals surface area contributed by atoms with Gasteiger partial charge in [-0.2, -0.15) is 12.6 Å². The summed E-state index contributed by atoms with van der Waals surface area (Å²) in [6.07, 6.45) is 0.635. The first-order valence-corrected chi connectivity index (χ1v) is 6.02. The van der Waals surface area contributed by atoms with Crippen molar-refractivity contribution in [3.63, 3.8) is 0 Å². The molecule has 0 bridgehead atoms. The van der Waals surface area contributed by atoms with Gasteiger partial charge in [0.1, 0.15) is 6.61 Å². The van der Waals surface area contributed by atoms with Crippen LogP contribution >= 0.6 is 12.6 Å². The van der Waals surface area contributed by atoms with Crippen LogP contribution in [0.5, 0.6) is 0 Å². The molecule has 0 aliphatic carbocycles. The van der Waals surface area contributed by atoms with Crippen molar-refractivity contribution in [3.8, 4) is 0 Å². The summed E-state index contributed by atoms with van der Waals surface area (Å²) in [6.45, 7) is 1.14. The first-order valence-electron chi connectivity index (χ1n) is 5.39. The topological polar surface area (TPSA) is 29.5 Å². The Morgan fingerprint density at radius 2 is 2.12 bits per heavy atom. The Balaban J connectivity index is 2.01. The Morgan fingerprint density at radius 1 is 1.38 bits per heavy atom. The van der Waals surface area contributed by atoms with Crippen molar-refractivity contribution in [2.75, 3.05) is 18.9 Å². The smallest absolute Gasteiger partial charge is 0.410 e. The van der Waals surface area contributed by atoms with Crippen LogP contribution in [0.4, 0.5) is 4.79 Å². The number of carbonyl (C=O) groups excluding carboxylic acids is 1. The van der Waals surface area contributed by atoms with E-state index in [1.165, 1.54) is 5.56 Å². The van der Waals surface area contributed by atoms with E-state index in [9.17, 15) is 4.79 Å². The molecular formula is C12H15NO2S. The number of hydrogen-bond donors (Lipinski definition) is 1. The maximum atomic E-state index is 11.4. The predicted octanol–water partition coefficient (Wildman–Crippen LogP) is 1.98. The summed E-state index contributed by atoms with van der Waals surface area (Å²) in [6, 6.07) is 10.3. The van der Waals surface area contributed by atoms with E-state index in [-0.39, 0.29) is 12.1 Å². The van der Waals surface area contributed by atoms with Gasteiger partial charge in [0.05, 0.1) is 6.04 Å². The molecule has 1 atom stereocenters. The van der Waals surface area contributed by atoms with Crippen LogP contribution in [0.2, 0.25) is 0 Å². The maximum absolute atomic E-state index is 11.4. The van der Waals surface area contributed by atoms with Gasteiger partial charge >= 0.3 is 6.09 Å². The van der Waals surface area contributed by atoms with Crippen LogP contribution in [0.3, 0.4) is 0 Å². The Hall–Kier alpha value is -1.16. The number of hydrogen-bond acceptors (Lipinski definition) is 3. The van der Waals surface area contributed by atoms with Crippen molar-refractivity contribution in [1.82, 2.24) is 4.90 Å². The predicted molar refractivity (Wildman–Crippen MR) is 65.8 cm³/mol. The molecule has 0 N–H and O–H groups in total. The summed E-state index contributed by atoms with van der Waals surface area (Å²) in [5.74, 6) is 0.667. The third-order valence-electron chi connectivity index (χ3n) is 2.73. The van der Waals surface area contributed by atoms with E-state index in [1.54, 1.807) is 4.90 Å². The number of amides is 1. The third-order valence-corrected chi connectivity index (χ3v) is 2.93. The van der Waals surface area contributed by atoms with Crippen molar-refractivity contribution in [2.45, 2.75) is 12.5 Å². The molecule has 1 heterocycles. The van der Waals surface area contributed by atoms with Gasteiger partial charge in [0, 0.05) is 12.3 Å². The average Bonchev–Trinajstić information content (AvgIpc) is 2.64. The lowest BCUT2D eigenvalue weighted by atomic mass is 10.1. The quantitative estimate of drug-likeness (QED) is 0.811. The molecule has 0 unspecified atom stereocenters. The van der Waals surface area contributed by atoms with Crippen molar-refractivity contribution in [1.29, 1.82) is 0 Å². The van der Waals surface area contributed by atoms with Crippen LogP contribution < -0.4 is 0 Å². The van der Waals surface area contributed by atoms with Gasteiger partial charge in [0.25, 0.3) is 0 Å². The van der Waals surface area contributed by atoms with Gasteiger partial charge in [-0.3, -0.25) is 0 Å². The number of ether oxygens (including phenoxy) is 1. The largest absolute Gasteiger partial charge is 0.447 e. The zero-order valence-electron chi connectivity index (χ0n) is 9.00. The van der Waals surface area contributed by atoms with Crippen LogP contribution in [-0.2, 0) is 11.2 Å². The standard InChI is InChI=1S/C12H15NO2S/c14-12-13(6-7-16)11(9-15-12)8-10-4-2-1-3-5-10/h1-5,11,16H,6-9H2/t11-/m1/s1. The number of nitrogens with zero attached hydrogens (tertiary/aromatic N) is 1. The Morgan fingerprint density at radius 3 is 2.81 bits per heavy atom. The first-order chi connectivity index (χ1) is 7.81. The fourth-order valence-electron chi connectivity index (χ4n) is 1.93. The molecule has 3 nitrogen and oxygen atoms in total. The van der Waals surface area contributed by atoms with Crippen LogP contribution in [0, 0.1) is 0 Å². The van der Waals surface area contributed by atoms with Crippen molar-refractivity contribution in [2.24, 2.45) is 0 Å². The Bertz CT molecular complexity index is 355. The van der Waals surface area contributed by atoms with Gasteiger partial charge in [-0.25, -0.2) is 4.79 Å². The summed E-state index contributed by atoms with van der Waals surface area (Å²) >= 11 is 4.15. The Kier molecular flexibility index (Phi) is 3.72. The summed E-state index contributed by atoms with van der Waals surface area (Å²) in [5, 5.41) is 0. The fraction of sp³-hybridized carbons (Fsp3) is 0.417. The second-order valence-electron chi connectivity index (χ2n) is 3.84. The van der Waals surface area contributed by atoms with Gasteiger partial charge in [-0.05, 0) is 12.0 Å². The van der Waals surface area contributed by atoms with Gasteiger partial charge in [0.2, 0.25) is 0 Å². The molecule has 0 aromatic heterocycles. The van der Waals surface area contributed by atoms with Crippen molar-refractivity contribution >= 4 is 18.7 Å². The molecule has 1 aromatic rings. The van der Waals surface area contributed by atoms with E-state index in [1.807, 2.05) is 18.2 Å². The SMILES string of the molecule is O=C1OC[C@@H](Cc2ccccc2)N1CCS. The molecule has 86 valence electrons. The molecule has 1 amide bonds. The number of cyclic esters (lactones) is 1. The van der Waals surface area contributed by atoms with Gasteiger partial charge in [-0.1, -0.05) is 30.3 Å². The molecule has 16 heavy (non-hydrogen) atoms. The molecule has 1 aliphatic heterocycles. The van der Waals surface area contributed by atoms with Gasteiger partial charge in [0.15, 0.2) is 0 Å². The monoisotopic (exact) mass is 237 g/mol. The van der Waals surface area contributed by atoms with Gasteiger partial charge in [-0.15, -0.1) is 0 Å². The highest BCUT2D eigenvalue weighted by atomic mass is 32.1. The highest BCUT2D eigenvalue weighted by Gasteiger charge is 2.31. The van der Waals surface area contributed by atoms with E-state index in [2.05, 4.69) is 24.8 Å². The molecule has 0 spiro atoms. The normalized spacial score (nSPS) is 19.9. The summed E-state index contributed by atoms with van der Waals surface area (Å²) in [4.78, 5) is 13.2. The number of benzene rings is 1. The average molecular weight is 237 g/mol. The zero-order chi connectivity index (χ0) is 11.4. The first kappa shape index (κ1) is 11.3. The lowest BCUT2D eigenvalue weighted by Gasteiger charge is -2.20. The summed E-state index contributed by atoms with van der Waals surface area (Å²) < 4.78 is 5.06. The molecule has 1 fully saturated rings. The lowest BCUT2D eigenvalue weighted by Crippen LogP contribution is -2.36. The Labute approximate surface area is 101 Å². The van der Waals surface area contributed by atoms with E-state index in [0.29, 0.717) is 18.9 Å². The summed E-state index contributed by atoms with van der Waals surface area (Å²) in [5.41, 5.74) is 1.23. The molecule has 1 saturated heterocycles. The van der Waals surface area contributed by atoms with E-state index < -0.39 is 0 Å². The molecule has 1 aromatic carbocycles. The minimum atomic E-state index is -0.213.